The molecule has 7 heteroatoms. The molecule has 6 nitrogen and oxygen atoms in total. The van der Waals surface area contributed by atoms with Gasteiger partial charge in [0.1, 0.15) is 15.5 Å². The minimum Gasteiger partial charge on any atom is -0.477 e. The zero-order chi connectivity index (χ0) is 14.2. The highest BCUT2D eigenvalue weighted by molar-refractivity contribution is 7.20. The lowest BCUT2D eigenvalue weighted by molar-refractivity contribution is 0.0701. The fourth-order valence-corrected chi connectivity index (χ4v) is 3.00. The second-order valence-electron chi connectivity index (χ2n) is 4.07. The van der Waals surface area contributed by atoms with Crippen molar-refractivity contribution in [3.05, 3.63) is 26.6 Å². The summed E-state index contributed by atoms with van der Waals surface area (Å²) in [6.07, 6.45) is 0.211. The maximum Gasteiger partial charge on any atom is 0.346 e. The fourth-order valence-electron chi connectivity index (χ4n) is 1.95. The van der Waals surface area contributed by atoms with Gasteiger partial charge in [-0.1, -0.05) is 0 Å². The van der Waals surface area contributed by atoms with Gasteiger partial charge < -0.3 is 5.11 Å². The van der Waals surface area contributed by atoms with Crippen LogP contribution in [-0.4, -0.2) is 20.6 Å². The van der Waals surface area contributed by atoms with E-state index in [9.17, 15) is 9.59 Å². The van der Waals surface area contributed by atoms with Crippen LogP contribution in [0.4, 0.5) is 0 Å². The Balaban J connectivity index is 2.77. The summed E-state index contributed by atoms with van der Waals surface area (Å²) in [6.45, 7) is 3.55. The van der Waals surface area contributed by atoms with E-state index in [2.05, 4.69) is 4.98 Å². The molecule has 2 rings (SSSR count). The first-order valence-corrected chi connectivity index (χ1v) is 6.39. The Morgan fingerprint density at radius 1 is 1.53 bits per heavy atom. The van der Waals surface area contributed by atoms with Crippen LogP contribution in [0.1, 0.15) is 27.5 Å². The lowest BCUT2D eigenvalue weighted by Gasteiger charge is -2.06. The second kappa shape index (κ2) is 4.82. The number of aryl methyl sites for hydroxylation is 2. The highest BCUT2D eigenvalue weighted by atomic mass is 32.1. The standard InChI is InChI=1S/C12H11N3O3S/c1-6-8-10(19-9(6)12(17)18)14-7(2)15(11(8)16)5-3-4-13/h3,5H2,1-2H3,(H,17,18). The van der Waals surface area contributed by atoms with Gasteiger partial charge in [-0.25, -0.2) is 9.78 Å². The van der Waals surface area contributed by atoms with Crippen LogP contribution >= 0.6 is 11.3 Å². The molecule has 0 aliphatic heterocycles. The van der Waals surface area contributed by atoms with Crippen molar-refractivity contribution in [1.82, 2.24) is 9.55 Å². The number of aromatic carboxylic acids is 1. The monoisotopic (exact) mass is 277 g/mol. The van der Waals surface area contributed by atoms with Gasteiger partial charge in [0.2, 0.25) is 0 Å². The van der Waals surface area contributed by atoms with Crippen molar-refractivity contribution in [3.63, 3.8) is 0 Å². The summed E-state index contributed by atoms with van der Waals surface area (Å²) >= 11 is 1.00. The summed E-state index contributed by atoms with van der Waals surface area (Å²) in [5, 5.41) is 18.0. The van der Waals surface area contributed by atoms with E-state index in [1.165, 1.54) is 4.57 Å². The van der Waals surface area contributed by atoms with E-state index in [1.54, 1.807) is 13.8 Å². The molecule has 0 aliphatic rings. The third kappa shape index (κ3) is 2.11. The Labute approximate surface area is 112 Å². The van der Waals surface area contributed by atoms with E-state index >= 15 is 0 Å². The van der Waals surface area contributed by atoms with Crippen LogP contribution in [-0.2, 0) is 6.54 Å². The molecule has 0 fully saturated rings. The summed E-state index contributed by atoms with van der Waals surface area (Å²) in [5.74, 6) is -0.563. The molecule has 0 aliphatic carbocycles. The Bertz CT molecular complexity index is 767. The highest BCUT2D eigenvalue weighted by Gasteiger charge is 2.19. The van der Waals surface area contributed by atoms with E-state index in [-0.39, 0.29) is 23.4 Å². The molecule has 0 unspecified atom stereocenters. The summed E-state index contributed by atoms with van der Waals surface area (Å²) in [6, 6.07) is 1.98. The predicted octanol–water partition coefficient (Wildman–Crippen LogP) is 1.69. The lowest BCUT2D eigenvalue weighted by Crippen LogP contribution is -2.23. The summed E-state index contributed by atoms with van der Waals surface area (Å²) in [4.78, 5) is 28.2. The van der Waals surface area contributed by atoms with Gasteiger partial charge in [-0.05, 0) is 19.4 Å². The topological polar surface area (TPSA) is 96.0 Å². The van der Waals surface area contributed by atoms with E-state index in [0.29, 0.717) is 21.6 Å². The van der Waals surface area contributed by atoms with Crippen LogP contribution in [0.5, 0.6) is 0 Å². The SMILES string of the molecule is Cc1c(C(=O)O)sc2nc(C)n(CCC#N)c(=O)c12. The predicted molar refractivity (Wildman–Crippen MR) is 70.5 cm³/mol. The largest absolute Gasteiger partial charge is 0.477 e. The van der Waals surface area contributed by atoms with Crippen molar-refractivity contribution in [3.8, 4) is 6.07 Å². The molecule has 0 amide bonds. The molecule has 0 radical (unpaired) electrons. The maximum absolute atomic E-state index is 12.3. The maximum atomic E-state index is 12.3. The number of aromatic nitrogens is 2. The van der Waals surface area contributed by atoms with Gasteiger partial charge in [0.15, 0.2) is 0 Å². The third-order valence-electron chi connectivity index (χ3n) is 2.88. The molecule has 1 N–H and O–H groups in total. The van der Waals surface area contributed by atoms with Gasteiger partial charge in [-0.3, -0.25) is 9.36 Å². The van der Waals surface area contributed by atoms with Gasteiger partial charge in [0.05, 0.1) is 17.9 Å². The van der Waals surface area contributed by atoms with Crippen LogP contribution in [0, 0.1) is 25.2 Å². The van der Waals surface area contributed by atoms with E-state index in [1.807, 2.05) is 6.07 Å². The number of hydrogen-bond donors (Lipinski definition) is 1. The molecular weight excluding hydrogens is 266 g/mol. The van der Waals surface area contributed by atoms with Crippen molar-refractivity contribution in [1.29, 1.82) is 5.26 Å². The normalized spacial score (nSPS) is 10.6. The Hall–Kier alpha value is -2.20. The molecule has 0 saturated carbocycles. The van der Waals surface area contributed by atoms with Gasteiger partial charge in [-0.2, -0.15) is 5.26 Å². The van der Waals surface area contributed by atoms with E-state index in [0.717, 1.165) is 11.3 Å². The molecule has 2 aromatic heterocycles. The molecular formula is C12H11N3O3S. The average molecular weight is 277 g/mol. The van der Waals surface area contributed by atoms with Gasteiger partial charge in [-0.15, -0.1) is 11.3 Å². The number of rotatable bonds is 3. The van der Waals surface area contributed by atoms with Crippen LogP contribution in [0.3, 0.4) is 0 Å². The first-order valence-electron chi connectivity index (χ1n) is 5.58. The number of carboxylic acids is 1. The molecule has 2 heterocycles. The number of nitriles is 1. The number of nitrogens with zero attached hydrogens (tertiary/aromatic N) is 3. The van der Waals surface area contributed by atoms with Gasteiger partial charge in [0.25, 0.3) is 5.56 Å². The second-order valence-corrected chi connectivity index (χ2v) is 5.06. The fraction of sp³-hybridized carbons (Fsp3) is 0.333. The van der Waals surface area contributed by atoms with Crippen LogP contribution < -0.4 is 5.56 Å². The number of carbonyl (C=O) groups is 1. The van der Waals surface area contributed by atoms with E-state index in [4.69, 9.17) is 10.4 Å². The van der Waals surface area contributed by atoms with Gasteiger partial charge >= 0.3 is 5.97 Å². The zero-order valence-electron chi connectivity index (χ0n) is 10.4. The minimum atomic E-state index is -1.05. The summed E-state index contributed by atoms with van der Waals surface area (Å²) in [7, 11) is 0. The average Bonchev–Trinajstić information content (AvgIpc) is 2.66. The van der Waals surface area contributed by atoms with Crippen molar-refractivity contribution in [2.45, 2.75) is 26.8 Å². The smallest absolute Gasteiger partial charge is 0.346 e. The number of hydrogen-bond acceptors (Lipinski definition) is 5. The van der Waals surface area contributed by atoms with Crippen molar-refractivity contribution in [2.24, 2.45) is 0 Å². The molecule has 19 heavy (non-hydrogen) atoms. The Morgan fingerprint density at radius 3 is 2.79 bits per heavy atom. The van der Waals surface area contributed by atoms with Crippen molar-refractivity contribution in [2.75, 3.05) is 0 Å². The highest BCUT2D eigenvalue weighted by Crippen LogP contribution is 2.27. The molecule has 0 spiro atoms. The van der Waals surface area contributed by atoms with E-state index < -0.39 is 5.97 Å². The number of thiophene rings is 1. The molecule has 0 bridgehead atoms. The lowest BCUT2D eigenvalue weighted by atomic mass is 10.2. The minimum absolute atomic E-state index is 0.136. The van der Waals surface area contributed by atoms with Crippen molar-refractivity contribution < 1.29 is 9.90 Å². The van der Waals surface area contributed by atoms with Crippen LogP contribution in [0.2, 0.25) is 0 Å². The first kappa shape index (κ1) is 13.2. The summed E-state index contributed by atoms with van der Waals surface area (Å²) < 4.78 is 1.41. The van der Waals surface area contributed by atoms with Crippen molar-refractivity contribution >= 4 is 27.5 Å². The molecule has 2 aromatic rings. The summed E-state index contributed by atoms with van der Waals surface area (Å²) in [5.41, 5.74) is 0.162. The van der Waals surface area contributed by atoms with Gasteiger partial charge in [0, 0.05) is 6.54 Å². The first-order chi connectivity index (χ1) is 8.97. The zero-order valence-corrected chi connectivity index (χ0v) is 11.2. The molecule has 0 saturated heterocycles. The number of carboxylic acid groups (broad SMARTS) is 1. The molecule has 0 aromatic carbocycles. The Morgan fingerprint density at radius 2 is 2.21 bits per heavy atom. The number of fused-ring (bicyclic) bond motifs is 1. The quantitative estimate of drug-likeness (QED) is 0.920. The van der Waals surface area contributed by atoms with Crippen LogP contribution in [0.15, 0.2) is 4.79 Å². The molecule has 98 valence electrons. The Kier molecular flexibility index (Phi) is 3.36. The third-order valence-corrected chi connectivity index (χ3v) is 4.06. The van der Waals surface area contributed by atoms with Crippen LogP contribution in [0.25, 0.3) is 10.2 Å². The molecule has 0 atom stereocenters.